The van der Waals surface area contributed by atoms with Crippen molar-refractivity contribution in [2.45, 2.75) is 52.5 Å². The van der Waals surface area contributed by atoms with Crippen molar-refractivity contribution in [1.82, 2.24) is 0 Å². The number of benzene rings is 1. The molecule has 3 nitrogen and oxygen atoms in total. The number of para-hydroxylation sites is 1. The predicted molar refractivity (Wildman–Crippen MR) is 88.3 cm³/mol. The number of ether oxygens (including phenoxy) is 2. The van der Waals surface area contributed by atoms with E-state index in [9.17, 15) is 0 Å². The summed E-state index contributed by atoms with van der Waals surface area (Å²) in [7, 11) is 0. The lowest BCUT2D eigenvalue weighted by Crippen LogP contribution is -2.47. The van der Waals surface area contributed by atoms with Gasteiger partial charge in [0.25, 0.3) is 0 Å². The van der Waals surface area contributed by atoms with E-state index in [4.69, 9.17) is 9.47 Å². The maximum atomic E-state index is 6.03. The Morgan fingerprint density at radius 3 is 2.67 bits per heavy atom. The third-order valence-electron chi connectivity index (χ3n) is 3.74. The molecule has 1 heterocycles. The van der Waals surface area contributed by atoms with E-state index in [1.165, 1.54) is 17.7 Å². The van der Waals surface area contributed by atoms with Gasteiger partial charge < -0.3 is 14.4 Å². The second kappa shape index (κ2) is 8.20. The van der Waals surface area contributed by atoms with Crippen molar-refractivity contribution >= 4 is 11.8 Å². The van der Waals surface area contributed by atoms with Crippen molar-refractivity contribution < 1.29 is 9.47 Å². The van der Waals surface area contributed by atoms with Gasteiger partial charge in [-0.25, -0.2) is 0 Å². The van der Waals surface area contributed by atoms with Crippen LogP contribution in [0.5, 0.6) is 0 Å². The van der Waals surface area contributed by atoms with E-state index in [0.29, 0.717) is 6.61 Å². The third kappa shape index (κ3) is 3.86. The highest BCUT2D eigenvalue weighted by molar-refractivity contribution is 5.72. The molecule has 0 amide bonds. The SMILES string of the molecule is CCCCC(OCC)N1c2ccccc2C=CC1OCC. The van der Waals surface area contributed by atoms with Gasteiger partial charge >= 0.3 is 0 Å². The second-order valence-corrected chi connectivity index (χ2v) is 5.22. The zero-order valence-electron chi connectivity index (χ0n) is 13.4. The van der Waals surface area contributed by atoms with Crippen molar-refractivity contribution in [2.24, 2.45) is 0 Å². The van der Waals surface area contributed by atoms with Crippen LogP contribution in [0.4, 0.5) is 5.69 Å². The molecule has 0 aliphatic carbocycles. The van der Waals surface area contributed by atoms with Crippen LogP contribution in [0.3, 0.4) is 0 Å². The summed E-state index contributed by atoms with van der Waals surface area (Å²) in [5.74, 6) is 0. The third-order valence-corrected chi connectivity index (χ3v) is 3.74. The van der Waals surface area contributed by atoms with Crippen LogP contribution in [0.15, 0.2) is 30.3 Å². The molecule has 1 aromatic rings. The highest BCUT2D eigenvalue weighted by Gasteiger charge is 2.29. The smallest absolute Gasteiger partial charge is 0.151 e. The molecule has 0 bridgehead atoms. The lowest BCUT2D eigenvalue weighted by atomic mass is 10.1. The number of nitrogens with zero attached hydrogens (tertiary/aromatic N) is 1. The maximum Gasteiger partial charge on any atom is 0.151 e. The molecule has 0 radical (unpaired) electrons. The average Bonchev–Trinajstić information content (AvgIpc) is 2.52. The van der Waals surface area contributed by atoms with Crippen molar-refractivity contribution in [3.63, 3.8) is 0 Å². The highest BCUT2D eigenvalue weighted by Crippen LogP contribution is 2.32. The molecule has 1 aliphatic heterocycles. The van der Waals surface area contributed by atoms with Crippen molar-refractivity contribution in [3.05, 3.63) is 35.9 Å². The lowest BCUT2D eigenvalue weighted by molar-refractivity contribution is 0.00530. The summed E-state index contributed by atoms with van der Waals surface area (Å²) in [6.07, 6.45) is 7.66. The number of rotatable bonds is 8. The van der Waals surface area contributed by atoms with E-state index < -0.39 is 0 Å². The Labute approximate surface area is 128 Å². The highest BCUT2D eigenvalue weighted by atomic mass is 16.5. The summed E-state index contributed by atoms with van der Waals surface area (Å²) in [5, 5.41) is 0. The van der Waals surface area contributed by atoms with E-state index in [1.54, 1.807) is 0 Å². The number of hydrogen-bond acceptors (Lipinski definition) is 3. The van der Waals surface area contributed by atoms with Crippen molar-refractivity contribution in [2.75, 3.05) is 18.1 Å². The standard InChI is InChI=1S/C18H27NO2/c1-4-7-12-17(20-5-2)19-16-11-9-8-10-15(16)13-14-18(19)21-6-3/h8-11,13-14,17-18H,4-7,12H2,1-3H3. The van der Waals surface area contributed by atoms with Crippen molar-refractivity contribution in [1.29, 1.82) is 0 Å². The Kier molecular flexibility index (Phi) is 6.27. The van der Waals surface area contributed by atoms with Gasteiger partial charge in [0.15, 0.2) is 6.23 Å². The molecule has 0 saturated heterocycles. The molecule has 1 aromatic carbocycles. The molecule has 2 rings (SSSR count). The summed E-state index contributed by atoms with van der Waals surface area (Å²) >= 11 is 0. The minimum absolute atomic E-state index is 0.0432. The van der Waals surface area contributed by atoms with Gasteiger partial charge in [-0.05, 0) is 44.4 Å². The summed E-state index contributed by atoms with van der Waals surface area (Å²) in [5.41, 5.74) is 2.43. The van der Waals surface area contributed by atoms with Crippen LogP contribution in [0.1, 0.15) is 45.6 Å². The first-order valence-electron chi connectivity index (χ1n) is 8.10. The largest absolute Gasteiger partial charge is 0.359 e. The molecule has 21 heavy (non-hydrogen) atoms. The molecule has 3 heteroatoms. The van der Waals surface area contributed by atoms with E-state index in [2.05, 4.69) is 55.2 Å². The minimum atomic E-state index is -0.0432. The Hall–Kier alpha value is -1.32. The molecular weight excluding hydrogens is 262 g/mol. The maximum absolute atomic E-state index is 6.03. The normalized spacial score (nSPS) is 18.6. The van der Waals surface area contributed by atoms with Gasteiger partial charge in [-0.3, -0.25) is 0 Å². The summed E-state index contributed by atoms with van der Waals surface area (Å²) in [6, 6.07) is 8.45. The fourth-order valence-corrected chi connectivity index (χ4v) is 2.78. The predicted octanol–water partition coefficient (Wildman–Crippen LogP) is 4.44. The topological polar surface area (TPSA) is 21.7 Å². The first-order valence-corrected chi connectivity index (χ1v) is 8.10. The Balaban J connectivity index is 2.30. The Bertz CT molecular complexity index is 458. The fourth-order valence-electron chi connectivity index (χ4n) is 2.78. The summed E-state index contributed by atoms with van der Waals surface area (Å²) < 4.78 is 11.9. The average molecular weight is 289 g/mol. The second-order valence-electron chi connectivity index (χ2n) is 5.22. The molecule has 0 spiro atoms. The van der Waals surface area contributed by atoms with E-state index >= 15 is 0 Å². The summed E-state index contributed by atoms with van der Waals surface area (Å²) in [4.78, 5) is 2.29. The van der Waals surface area contributed by atoms with Crippen molar-refractivity contribution in [3.8, 4) is 0 Å². The number of fused-ring (bicyclic) bond motifs is 1. The lowest BCUT2D eigenvalue weighted by Gasteiger charge is -2.40. The monoisotopic (exact) mass is 289 g/mol. The van der Waals surface area contributed by atoms with Crippen LogP contribution in [0, 0.1) is 0 Å². The fraction of sp³-hybridized carbons (Fsp3) is 0.556. The molecule has 1 aliphatic rings. The van der Waals surface area contributed by atoms with E-state index in [-0.39, 0.29) is 12.5 Å². The van der Waals surface area contributed by atoms with Crippen LogP contribution < -0.4 is 4.90 Å². The first kappa shape index (κ1) is 16.1. The zero-order valence-corrected chi connectivity index (χ0v) is 13.4. The molecule has 0 N–H and O–H groups in total. The van der Waals surface area contributed by atoms with Crippen LogP contribution in [-0.2, 0) is 9.47 Å². The number of unbranched alkanes of at least 4 members (excludes halogenated alkanes) is 1. The molecule has 0 fully saturated rings. The molecule has 0 aromatic heterocycles. The zero-order chi connectivity index (χ0) is 15.1. The van der Waals surface area contributed by atoms with Crippen LogP contribution in [0.2, 0.25) is 0 Å². The number of anilines is 1. The molecular formula is C18H27NO2. The van der Waals surface area contributed by atoms with Crippen LogP contribution >= 0.6 is 0 Å². The van der Waals surface area contributed by atoms with E-state index in [0.717, 1.165) is 19.4 Å². The van der Waals surface area contributed by atoms with Gasteiger partial charge in [0, 0.05) is 18.9 Å². The summed E-state index contributed by atoms with van der Waals surface area (Å²) in [6.45, 7) is 7.72. The van der Waals surface area contributed by atoms with Gasteiger partial charge in [0.2, 0.25) is 0 Å². The van der Waals surface area contributed by atoms with Gasteiger partial charge in [-0.15, -0.1) is 0 Å². The number of hydrogen-bond donors (Lipinski definition) is 0. The molecule has 2 atom stereocenters. The van der Waals surface area contributed by atoms with Gasteiger partial charge in [0.05, 0.1) is 0 Å². The van der Waals surface area contributed by atoms with Crippen LogP contribution in [-0.4, -0.2) is 25.7 Å². The van der Waals surface area contributed by atoms with Crippen LogP contribution in [0.25, 0.3) is 6.08 Å². The molecule has 0 saturated carbocycles. The quantitative estimate of drug-likeness (QED) is 0.706. The van der Waals surface area contributed by atoms with Gasteiger partial charge in [0.1, 0.15) is 6.23 Å². The molecule has 116 valence electrons. The molecule has 2 unspecified atom stereocenters. The van der Waals surface area contributed by atoms with E-state index in [1.807, 2.05) is 6.92 Å². The minimum Gasteiger partial charge on any atom is -0.359 e. The first-order chi connectivity index (χ1) is 10.3. The van der Waals surface area contributed by atoms with Gasteiger partial charge in [-0.2, -0.15) is 0 Å². The Morgan fingerprint density at radius 2 is 1.95 bits per heavy atom. The Morgan fingerprint density at radius 1 is 1.14 bits per heavy atom. The van der Waals surface area contributed by atoms with Gasteiger partial charge in [-0.1, -0.05) is 37.6 Å².